The van der Waals surface area contributed by atoms with Crippen LogP contribution in [0.4, 0.5) is 4.79 Å². The molecule has 2 aliphatic heterocycles. The van der Waals surface area contributed by atoms with E-state index in [0.29, 0.717) is 44.3 Å². The topological polar surface area (TPSA) is 73.0 Å². The highest BCUT2D eigenvalue weighted by Gasteiger charge is 2.55. The Bertz CT molecular complexity index is 824. The summed E-state index contributed by atoms with van der Waals surface area (Å²) in [5.74, 6) is 0.954. The molecule has 0 bridgehead atoms. The normalized spacial score (nSPS) is 21.9. The molecule has 33 heavy (non-hydrogen) atoms. The van der Waals surface area contributed by atoms with Gasteiger partial charge in [0.1, 0.15) is 5.54 Å². The van der Waals surface area contributed by atoms with Crippen molar-refractivity contribution in [2.24, 2.45) is 11.8 Å². The molecule has 1 atom stereocenters. The molecule has 0 radical (unpaired) electrons. The highest BCUT2D eigenvalue weighted by molar-refractivity contribution is 8.00. The monoisotopic (exact) mass is 474 g/mol. The average molecular weight is 475 g/mol. The van der Waals surface area contributed by atoms with Crippen molar-refractivity contribution < 1.29 is 14.4 Å². The van der Waals surface area contributed by atoms with Crippen molar-refractivity contribution in [1.29, 1.82) is 0 Å². The molecule has 2 heterocycles. The fourth-order valence-corrected chi connectivity index (χ4v) is 5.51. The maximum atomic E-state index is 13.6. The number of rotatable bonds is 10. The molecule has 1 aromatic carbocycles. The van der Waals surface area contributed by atoms with Gasteiger partial charge in [0.25, 0.3) is 5.91 Å². The highest BCUT2D eigenvalue weighted by atomic mass is 32.2. The van der Waals surface area contributed by atoms with E-state index in [1.807, 2.05) is 54.2 Å². The second kappa shape index (κ2) is 11.4. The van der Waals surface area contributed by atoms with Crippen LogP contribution < -0.4 is 5.32 Å². The quantitative estimate of drug-likeness (QED) is 0.416. The lowest BCUT2D eigenvalue weighted by atomic mass is 9.74. The van der Waals surface area contributed by atoms with Crippen molar-refractivity contribution in [1.82, 2.24) is 20.0 Å². The number of likely N-dealkylation sites (tertiary alicyclic amines) is 1. The Kier molecular flexibility index (Phi) is 8.82. The summed E-state index contributed by atoms with van der Waals surface area (Å²) in [4.78, 5) is 45.5. The smallest absolute Gasteiger partial charge is 0.325 e. The molecule has 0 aromatic heterocycles. The zero-order valence-corrected chi connectivity index (χ0v) is 21.2. The minimum Gasteiger partial charge on any atom is -0.342 e. The Morgan fingerprint density at radius 1 is 1.18 bits per heavy atom. The summed E-state index contributed by atoms with van der Waals surface area (Å²) in [6, 6.07) is 9.67. The van der Waals surface area contributed by atoms with Crippen LogP contribution in [-0.2, 0) is 9.59 Å². The van der Waals surface area contributed by atoms with Gasteiger partial charge in [0.15, 0.2) is 0 Å². The highest BCUT2D eigenvalue weighted by Crippen LogP contribution is 2.38. The van der Waals surface area contributed by atoms with Crippen LogP contribution in [0.1, 0.15) is 39.5 Å². The molecule has 4 amide bonds. The third-order valence-corrected chi connectivity index (χ3v) is 7.74. The molecular weight excluding hydrogens is 436 g/mol. The van der Waals surface area contributed by atoms with Gasteiger partial charge in [0.2, 0.25) is 5.91 Å². The molecule has 2 aliphatic rings. The van der Waals surface area contributed by atoms with Gasteiger partial charge >= 0.3 is 6.03 Å². The third kappa shape index (κ3) is 6.29. The number of hydrogen-bond donors (Lipinski definition) is 1. The van der Waals surface area contributed by atoms with E-state index in [4.69, 9.17) is 0 Å². The summed E-state index contributed by atoms with van der Waals surface area (Å²) < 4.78 is 0. The Balaban J connectivity index is 1.64. The van der Waals surface area contributed by atoms with Gasteiger partial charge in [-0.2, -0.15) is 0 Å². The van der Waals surface area contributed by atoms with E-state index in [1.54, 1.807) is 11.8 Å². The van der Waals surface area contributed by atoms with Gasteiger partial charge < -0.3 is 15.1 Å². The molecule has 1 N–H and O–H groups in total. The van der Waals surface area contributed by atoms with Crippen LogP contribution in [0.15, 0.2) is 35.2 Å². The fraction of sp³-hybridized carbons (Fsp3) is 0.640. The molecule has 0 aliphatic carbocycles. The molecule has 2 fully saturated rings. The number of thioether (sulfide) groups is 1. The first kappa shape index (κ1) is 25.6. The van der Waals surface area contributed by atoms with Crippen LogP contribution in [0.3, 0.4) is 0 Å². The maximum Gasteiger partial charge on any atom is 0.325 e. The van der Waals surface area contributed by atoms with E-state index >= 15 is 0 Å². The van der Waals surface area contributed by atoms with Gasteiger partial charge in [0, 0.05) is 31.1 Å². The zero-order chi connectivity index (χ0) is 24.0. The number of nitrogens with zero attached hydrogens (tertiary/aromatic N) is 3. The Morgan fingerprint density at radius 2 is 1.85 bits per heavy atom. The van der Waals surface area contributed by atoms with Gasteiger partial charge in [-0.3, -0.25) is 14.5 Å². The first-order valence-electron chi connectivity index (χ1n) is 12.0. The Morgan fingerprint density at radius 3 is 2.45 bits per heavy atom. The minimum absolute atomic E-state index is 0.0443. The average Bonchev–Trinajstić information content (AvgIpc) is 3.05. The molecule has 1 aromatic rings. The number of carbonyl (C=O) groups excluding carboxylic acids is 3. The summed E-state index contributed by atoms with van der Waals surface area (Å²) in [6.07, 6.45) is 2.98. The second-order valence-electron chi connectivity index (χ2n) is 9.85. The van der Waals surface area contributed by atoms with Crippen molar-refractivity contribution in [3.63, 3.8) is 0 Å². The number of amides is 4. The molecule has 0 saturated carbocycles. The number of likely N-dealkylation sites (N-methyl/N-ethyl adjacent to an activating group) is 1. The Labute approximate surface area is 202 Å². The SMILES string of the molecule is CC(C)CCC1(C2CCN(C(=O)CSc3ccccc3)CC2)NC(=O)N(CCN(C)C)C1=O. The summed E-state index contributed by atoms with van der Waals surface area (Å²) in [5.41, 5.74) is -0.846. The minimum atomic E-state index is -0.846. The largest absolute Gasteiger partial charge is 0.342 e. The van der Waals surface area contributed by atoms with Crippen molar-refractivity contribution in [3.05, 3.63) is 30.3 Å². The summed E-state index contributed by atoms with van der Waals surface area (Å²) >= 11 is 1.55. The lowest BCUT2D eigenvalue weighted by molar-refractivity contribution is -0.135. The van der Waals surface area contributed by atoms with Gasteiger partial charge in [0.05, 0.1) is 5.75 Å². The standard InChI is InChI=1S/C25H38N4O3S/c1-19(2)10-13-25(23(31)29(24(32)26-25)17-16-27(3)4)20-11-14-28(15-12-20)22(30)18-33-21-8-6-5-7-9-21/h5-9,19-20H,10-18H2,1-4H3,(H,26,32). The number of carbonyl (C=O) groups is 3. The zero-order valence-electron chi connectivity index (χ0n) is 20.4. The van der Waals surface area contributed by atoms with Crippen molar-refractivity contribution in [2.75, 3.05) is 46.0 Å². The van der Waals surface area contributed by atoms with Crippen LogP contribution in [0.5, 0.6) is 0 Å². The maximum absolute atomic E-state index is 13.6. The van der Waals surface area contributed by atoms with E-state index in [-0.39, 0.29) is 23.8 Å². The van der Waals surface area contributed by atoms with E-state index in [1.165, 1.54) is 4.90 Å². The lowest BCUT2D eigenvalue weighted by Crippen LogP contribution is -2.57. The second-order valence-corrected chi connectivity index (χ2v) is 10.9. The van der Waals surface area contributed by atoms with Crippen LogP contribution in [0.25, 0.3) is 0 Å². The third-order valence-electron chi connectivity index (χ3n) is 6.74. The molecule has 1 unspecified atom stereocenters. The van der Waals surface area contributed by atoms with E-state index in [9.17, 15) is 14.4 Å². The molecule has 2 saturated heterocycles. The number of imide groups is 1. The number of piperidine rings is 1. The van der Waals surface area contributed by atoms with Gasteiger partial charge in [-0.25, -0.2) is 4.79 Å². The molecular formula is C25H38N4O3S. The van der Waals surface area contributed by atoms with E-state index < -0.39 is 5.54 Å². The van der Waals surface area contributed by atoms with Crippen LogP contribution in [0, 0.1) is 11.8 Å². The van der Waals surface area contributed by atoms with E-state index in [2.05, 4.69) is 19.2 Å². The predicted octanol–water partition coefficient (Wildman–Crippen LogP) is 3.31. The van der Waals surface area contributed by atoms with Gasteiger partial charge in [-0.15, -0.1) is 11.8 Å². The van der Waals surface area contributed by atoms with Crippen LogP contribution in [-0.4, -0.2) is 84.1 Å². The van der Waals surface area contributed by atoms with Crippen molar-refractivity contribution in [3.8, 4) is 0 Å². The summed E-state index contributed by atoms with van der Waals surface area (Å²) in [7, 11) is 3.88. The predicted molar refractivity (Wildman–Crippen MR) is 132 cm³/mol. The summed E-state index contributed by atoms with van der Waals surface area (Å²) in [5, 5.41) is 3.12. The molecule has 8 heteroatoms. The molecule has 7 nitrogen and oxygen atoms in total. The number of hydrogen-bond acceptors (Lipinski definition) is 5. The summed E-state index contributed by atoms with van der Waals surface area (Å²) in [6.45, 7) is 6.59. The number of nitrogens with one attached hydrogen (secondary N) is 1. The molecule has 3 rings (SSSR count). The van der Waals surface area contributed by atoms with Gasteiger partial charge in [-0.05, 0) is 63.7 Å². The lowest BCUT2D eigenvalue weighted by Gasteiger charge is -2.41. The number of urea groups is 1. The van der Waals surface area contributed by atoms with Gasteiger partial charge in [-0.1, -0.05) is 32.0 Å². The fourth-order valence-electron chi connectivity index (χ4n) is 4.69. The molecule has 0 spiro atoms. The van der Waals surface area contributed by atoms with Crippen LogP contribution >= 0.6 is 11.8 Å². The molecule has 182 valence electrons. The van der Waals surface area contributed by atoms with Crippen LogP contribution in [0.2, 0.25) is 0 Å². The number of benzene rings is 1. The van der Waals surface area contributed by atoms with E-state index in [0.717, 1.165) is 24.2 Å². The first-order chi connectivity index (χ1) is 15.7. The van der Waals surface area contributed by atoms with Crippen molar-refractivity contribution in [2.45, 2.75) is 50.0 Å². The first-order valence-corrected chi connectivity index (χ1v) is 13.0. The Hall–Kier alpha value is -2.06. The van der Waals surface area contributed by atoms with Crippen molar-refractivity contribution >= 4 is 29.6 Å².